The van der Waals surface area contributed by atoms with Crippen LogP contribution in [0.4, 0.5) is 0 Å². The molecule has 0 atom stereocenters. The smallest absolute Gasteiger partial charge is 0.283 e. The second-order valence-corrected chi connectivity index (χ2v) is 7.12. The number of hydrogen-bond acceptors (Lipinski definition) is 5. The lowest BCUT2D eigenvalue weighted by Gasteiger charge is -2.00. The molecule has 3 aromatic rings. The lowest BCUT2D eigenvalue weighted by molar-refractivity contribution is 0.0958. The normalized spacial score (nSPS) is 11.0. The molecule has 0 saturated heterocycles. The first kappa shape index (κ1) is 18.1. The number of phenolic OH excluding ortho intramolecular Hbond substituents is 1. The minimum absolute atomic E-state index is 0.223. The molecule has 0 radical (unpaired) electrons. The Bertz CT molecular complexity index is 981. The highest BCUT2D eigenvalue weighted by molar-refractivity contribution is 7.17. The average molecular weight is 386 g/mol. The minimum Gasteiger partial charge on any atom is -0.508 e. The molecule has 2 N–H and O–H groups in total. The van der Waals surface area contributed by atoms with Gasteiger partial charge in [0.2, 0.25) is 0 Å². The van der Waals surface area contributed by atoms with E-state index in [0.29, 0.717) is 15.6 Å². The number of carbonyl (C=O) groups excluding carboxylic acids is 1. The summed E-state index contributed by atoms with van der Waals surface area (Å²) in [6.45, 7) is 3.59. The molecule has 0 aliphatic carbocycles. The first-order valence-corrected chi connectivity index (χ1v) is 9.00. The third-order valence-corrected chi connectivity index (χ3v) is 5.15. The van der Waals surface area contributed by atoms with Crippen molar-refractivity contribution in [3.8, 4) is 16.3 Å². The zero-order chi connectivity index (χ0) is 18.7. The van der Waals surface area contributed by atoms with Gasteiger partial charge in [0, 0.05) is 10.6 Å². The van der Waals surface area contributed by atoms with Crippen molar-refractivity contribution in [2.45, 2.75) is 13.8 Å². The highest BCUT2D eigenvalue weighted by atomic mass is 35.5. The van der Waals surface area contributed by atoms with Gasteiger partial charge >= 0.3 is 0 Å². The monoisotopic (exact) mass is 385 g/mol. The Kier molecular flexibility index (Phi) is 5.35. The molecule has 7 heteroatoms. The van der Waals surface area contributed by atoms with E-state index in [0.717, 1.165) is 21.7 Å². The molecule has 3 rings (SSSR count). The summed E-state index contributed by atoms with van der Waals surface area (Å²) in [5, 5.41) is 14.9. The van der Waals surface area contributed by atoms with E-state index >= 15 is 0 Å². The Hall–Kier alpha value is -2.70. The summed E-state index contributed by atoms with van der Waals surface area (Å²) in [6.07, 6.45) is 1.53. The molecule has 1 amide bonds. The van der Waals surface area contributed by atoms with E-state index in [1.165, 1.54) is 17.6 Å². The number of rotatable bonds is 4. The van der Waals surface area contributed by atoms with Gasteiger partial charge in [0.1, 0.15) is 15.6 Å². The molecule has 0 aliphatic heterocycles. The fraction of sp³-hybridized carbons (Fsp3) is 0.105. The van der Waals surface area contributed by atoms with Gasteiger partial charge in [0.15, 0.2) is 0 Å². The highest BCUT2D eigenvalue weighted by Gasteiger charge is 2.15. The van der Waals surface area contributed by atoms with Crippen LogP contribution in [0.5, 0.6) is 5.75 Å². The number of hydrazone groups is 1. The standard InChI is InChI=1S/C19H16ClN3O2S/c1-11-9-13(3-8-16(11)24)10-21-23-18(25)17-12(2)22-19(26-17)14-4-6-15(20)7-5-14/h3-10,24H,1-2H3,(H,23,25)/b21-10+. The van der Waals surface area contributed by atoms with E-state index in [1.54, 1.807) is 44.2 Å². The number of phenols is 1. The topological polar surface area (TPSA) is 74.6 Å². The van der Waals surface area contributed by atoms with Gasteiger partial charge in [-0.2, -0.15) is 5.10 Å². The van der Waals surface area contributed by atoms with E-state index in [4.69, 9.17) is 11.6 Å². The van der Waals surface area contributed by atoms with Gasteiger partial charge in [-0.15, -0.1) is 11.3 Å². The summed E-state index contributed by atoms with van der Waals surface area (Å²) in [6, 6.07) is 12.4. The average Bonchev–Trinajstić information content (AvgIpc) is 3.00. The zero-order valence-corrected chi connectivity index (χ0v) is 15.7. The van der Waals surface area contributed by atoms with E-state index in [2.05, 4.69) is 15.5 Å². The van der Waals surface area contributed by atoms with Crippen molar-refractivity contribution in [3.63, 3.8) is 0 Å². The van der Waals surface area contributed by atoms with Crippen molar-refractivity contribution in [2.24, 2.45) is 5.10 Å². The lowest BCUT2D eigenvalue weighted by atomic mass is 10.1. The van der Waals surface area contributed by atoms with Gasteiger partial charge in [0.05, 0.1) is 11.9 Å². The molecular weight excluding hydrogens is 370 g/mol. The fourth-order valence-electron chi connectivity index (χ4n) is 2.30. The quantitative estimate of drug-likeness (QED) is 0.511. The van der Waals surface area contributed by atoms with Gasteiger partial charge in [-0.1, -0.05) is 23.7 Å². The third-order valence-electron chi connectivity index (χ3n) is 3.69. The number of benzene rings is 2. The summed E-state index contributed by atoms with van der Waals surface area (Å²) in [5.41, 5.74) is 5.59. The number of aromatic hydroxyl groups is 1. The molecule has 132 valence electrons. The Morgan fingerprint density at radius 1 is 1.23 bits per heavy atom. The Labute approximate surface area is 160 Å². The number of amides is 1. The van der Waals surface area contributed by atoms with Gasteiger partial charge in [-0.05, 0) is 55.3 Å². The van der Waals surface area contributed by atoms with E-state index in [-0.39, 0.29) is 11.7 Å². The molecule has 0 bridgehead atoms. The number of carbonyl (C=O) groups is 1. The van der Waals surface area contributed by atoms with Crippen molar-refractivity contribution in [2.75, 3.05) is 0 Å². The van der Waals surface area contributed by atoms with Gasteiger partial charge in [0.25, 0.3) is 5.91 Å². The molecule has 1 aromatic heterocycles. The largest absolute Gasteiger partial charge is 0.508 e. The van der Waals surface area contributed by atoms with Crippen LogP contribution in [-0.4, -0.2) is 22.2 Å². The maximum Gasteiger partial charge on any atom is 0.283 e. The van der Waals surface area contributed by atoms with Crippen LogP contribution in [0.1, 0.15) is 26.5 Å². The molecule has 0 aliphatic rings. The van der Waals surface area contributed by atoms with Gasteiger partial charge < -0.3 is 5.11 Å². The van der Waals surface area contributed by atoms with E-state index in [9.17, 15) is 9.90 Å². The SMILES string of the molecule is Cc1cc(/C=N/NC(=O)c2sc(-c3ccc(Cl)cc3)nc2C)ccc1O. The summed E-state index contributed by atoms with van der Waals surface area (Å²) >= 11 is 7.21. The van der Waals surface area contributed by atoms with Crippen LogP contribution in [0.2, 0.25) is 5.02 Å². The lowest BCUT2D eigenvalue weighted by Crippen LogP contribution is -2.17. The number of aromatic nitrogens is 1. The van der Waals surface area contributed by atoms with Crippen molar-refractivity contribution >= 4 is 35.1 Å². The number of nitrogens with zero attached hydrogens (tertiary/aromatic N) is 2. The van der Waals surface area contributed by atoms with Crippen LogP contribution in [0.15, 0.2) is 47.6 Å². The second-order valence-electron chi connectivity index (χ2n) is 5.69. The predicted molar refractivity (Wildman–Crippen MR) is 105 cm³/mol. The van der Waals surface area contributed by atoms with Crippen molar-refractivity contribution in [1.29, 1.82) is 0 Å². The molecule has 0 saturated carbocycles. The summed E-state index contributed by atoms with van der Waals surface area (Å²) in [5.74, 6) is -0.0897. The maximum atomic E-state index is 12.4. The van der Waals surface area contributed by atoms with Gasteiger partial charge in [-0.25, -0.2) is 10.4 Å². The Morgan fingerprint density at radius 3 is 2.65 bits per heavy atom. The first-order valence-electron chi connectivity index (χ1n) is 7.80. The number of hydrogen-bond donors (Lipinski definition) is 2. The van der Waals surface area contributed by atoms with Gasteiger partial charge in [-0.3, -0.25) is 4.79 Å². The van der Waals surface area contributed by atoms with Crippen molar-refractivity contribution < 1.29 is 9.90 Å². The van der Waals surface area contributed by atoms with Crippen LogP contribution in [0.3, 0.4) is 0 Å². The van der Waals surface area contributed by atoms with Crippen molar-refractivity contribution in [1.82, 2.24) is 10.4 Å². The Morgan fingerprint density at radius 2 is 1.96 bits per heavy atom. The summed E-state index contributed by atoms with van der Waals surface area (Å²) in [4.78, 5) is 17.3. The van der Waals surface area contributed by atoms with E-state index < -0.39 is 0 Å². The minimum atomic E-state index is -0.313. The predicted octanol–water partition coefficient (Wildman–Crippen LogP) is 4.55. The Balaban J connectivity index is 1.72. The number of aryl methyl sites for hydroxylation is 2. The molecule has 26 heavy (non-hydrogen) atoms. The number of halogens is 1. The third kappa shape index (κ3) is 4.09. The van der Waals surface area contributed by atoms with Crippen LogP contribution in [0, 0.1) is 13.8 Å². The van der Waals surface area contributed by atoms with E-state index in [1.807, 2.05) is 12.1 Å². The fourth-order valence-corrected chi connectivity index (χ4v) is 3.39. The van der Waals surface area contributed by atoms with Crippen LogP contribution in [0.25, 0.3) is 10.6 Å². The molecule has 2 aromatic carbocycles. The highest BCUT2D eigenvalue weighted by Crippen LogP contribution is 2.28. The summed E-state index contributed by atoms with van der Waals surface area (Å²) in [7, 11) is 0. The molecular formula is C19H16ClN3O2S. The molecule has 5 nitrogen and oxygen atoms in total. The molecule has 0 unspecified atom stereocenters. The van der Waals surface area contributed by atoms with Crippen LogP contribution in [-0.2, 0) is 0 Å². The van der Waals surface area contributed by atoms with Crippen molar-refractivity contribution in [3.05, 3.63) is 69.2 Å². The number of nitrogens with one attached hydrogen (secondary N) is 1. The van der Waals surface area contributed by atoms with Crippen LogP contribution >= 0.6 is 22.9 Å². The zero-order valence-electron chi connectivity index (χ0n) is 14.2. The second kappa shape index (κ2) is 7.68. The summed E-state index contributed by atoms with van der Waals surface area (Å²) < 4.78 is 0. The first-order chi connectivity index (χ1) is 12.4. The van der Waals surface area contributed by atoms with Crippen LogP contribution < -0.4 is 5.43 Å². The molecule has 0 spiro atoms. The molecule has 1 heterocycles. The number of thiazole rings is 1. The molecule has 0 fully saturated rings. The maximum absolute atomic E-state index is 12.4.